The van der Waals surface area contributed by atoms with Crippen LogP contribution in [0, 0.1) is 5.41 Å². The van der Waals surface area contributed by atoms with Crippen molar-refractivity contribution in [3.8, 4) is 11.5 Å². The largest absolute Gasteiger partial charge is 0.457 e. The molecule has 0 aromatic heterocycles. The van der Waals surface area contributed by atoms with E-state index in [2.05, 4.69) is 5.32 Å². The number of amides is 1. The van der Waals surface area contributed by atoms with Crippen LogP contribution >= 0.6 is 0 Å². The lowest BCUT2D eigenvalue weighted by atomic mass is 9.82. The van der Waals surface area contributed by atoms with E-state index in [1.165, 1.54) is 26.0 Å². The topological polar surface area (TPSA) is 108 Å². The summed E-state index contributed by atoms with van der Waals surface area (Å²) in [4.78, 5) is 25.8. The van der Waals surface area contributed by atoms with E-state index in [0.29, 0.717) is 30.7 Å². The fourth-order valence-electron chi connectivity index (χ4n) is 4.96. The summed E-state index contributed by atoms with van der Waals surface area (Å²) < 4.78 is 173. The average Bonchev–Trinajstić information content (AvgIpc) is 3.06. The number of alkyl halides is 12. The Balaban J connectivity index is 2.20. The maximum atomic E-state index is 14.1. The Hall–Kier alpha value is -4.52. The van der Waals surface area contributed by atoms with E-state index in [1.54, 1.807) is 20.8 Å². The van der Waals surface area contributed by atoms with Crippen molar-refractivity contribution in [2.75, 3.05) is 10.6 Å². The number of hydrogen-bond donors (Lipinski definition) is 4. The fourth-order valence-corrected chi connectivity index (χ4v) is 4.96. The van der Waals surface area contributed by atoms with Gasteiger partial charge in [0.05, 0.1) is 0 Å². The van der Waals surface area contributed by atoms with Gasteiger partial charge in [-0.3, -0.25) is 9.59 Å². The number of hydrogen-bond acceptors (Lipinski definition) is 6. The highest BCUT2D eigenvalue weighted by atomic mass is 19.4. The normalized spacial score (nSPS) is 14.1. The fraction of sp³-hybridized carbons (Fsp3) is 0.429. The van der Waals surface area contributed by atoms with Crippen molar-refractivity contribution < 1.29 is 77.2 Å². The Morgan fingerprint density at radius 1 is 0.648 bits per heavy atom. The van der Waals surface area contributed by atoms with Gasteiger partial charge in [-0.05, 0) is 68.3 Å². The lowest BCUT2D eigenvalue weighted by Gasteiger charge is -2.35. The van der Waals surface area contributed by atoms with Crippen LogP contribution < -0.4 is 15.4 Å². The molecule has 3 rings (SSSR count). The maximum absolute atomic E-state index is 14.1. The number of benzene rings is 3. The number of nitrogens with one attached hydrogen (secondary N) is 2. The number of Topliss-reactive ketones (excluding diaryl/α,β-unsaturated/α-hetero) is 1. The number of halogens is 12. The summed E-state index contributed by atoms with van der Waals surface area (Å²) in [6.07, 6.45) is -25.3. The van der Waals surface area contributed by atoms with E-state index in [9.17, 15) is 72.5 Å². The van der Waals surface area contributed by atoms with Gasteiger partial charge in [-0.25, -0.2) is 0 Å². The summed E-state index contributed by atoms with van der Waals surface area (Å²) in [5.74, 6) is -3.76. The Morgan fingerprint density at radius 3 is 1.43 bits per heavy atom. The first-order valence-corrected chi connectivity index (χ1v) is 15.9. The minimum absolute atomic E-state index is 0.0385. The zero-order chi connectivity index (χ0) is 41.5. The van der Waals surface area contributed by atoms with E-state index < -0.39 is 87.3 Å². The highest BCUT2D eigenvalue weighted by molar-refractivity contribution is 6.06. The van der Waals surface area contributed by atoms with Gasteiger partial charge in [0, 0.05) is 45.1 Å². The first-order valence-electron chi connectivity index (χ1n) is 15.9. The van der Waals surface area contributed by atoms with Crippen LogP contribution in [0.15, 0.2) is 60.7 Å². The van der Waals surface area contributed by atoms with Crippen molar-refractivity contribution in [1.82, 2.24) is 0 Å². The molecule has 0 heterocycles. The first kappa shape index (κ1) is 43.9. The molecule has 3 aromatic rings. The Bertz CT molecular complexity index is 1800. The predicted molar refractivity (Wildman–Crippen MR) is 171 cm³/mol. The lowest BCUT2D eigenvalue weighted by molar-refractivity contribution is -0.376. The van der Waals surface area contributed by atoms with Gasteiger partial charge in [0.1, 0.15) is 11.5 Å². The molecule has 0 radical (unpaired) electrons. The molecule has 0 aliphatic rings. The minimum atomic E-state index is -6.54. The quantitative estimate of drug-likeness (QED) is 0.108. The summed E-state index contributed by atoms with van der Waals surface area (Å²) in [5, 5.41) is 24.6. The number of anilines is 2. The lowest BCUT2D eigenvalue weighted by Crippen LogP contribution is -2.54. The molecule has 0 saturated heterocycles. The molecule has 0 fully saturated rings. The van der Waals surface area contributed by atoms with Gasteiger partial charge in [0.15, 0.2) is 5.78 Å². The molecule has 0 saturated carbocycles. The van der Waals surface area contributed by atoms with Crippen LogP contribution in [0.5, 0.6) is 11.5 Å². The third kappa shape index (κ3) is 8.40. The SMILES string of the molecule is CCC(C)Nc1ccc(Oc2ccc(NC(=O)c3ccc(C(=O)C(C)(C)CC)cc3)c(C(O)(C(F)(F)F)C(F)(F)F)c2)cc1C(O)(C(F)(F)F)C(F)(F)F. The van der Waals surface area contributed by atoms with Crippen LogP contribution in [0.3, 0.4) is 0 Å². The number of carbonyl (C=O) groups is 2. The predicted octanol–water partition coefficient (Wildman–Crippen LogP) is 10.2. The van der Waals surface area contributed by atoms with Crippen LogP contribution in [-0.4, -0.2) is 52.7 Å². The standard InChI is InChI=1S/C35H34F12N2O5/c1-6-18(3)48-25-14-12-21(16-23(25)30(52,32(36,37)38)33(39,40)41)54-22-13-15-26(24(17-22)31(53,34(42,43)44)35(45,46)47)49-28(51)20-10-8-19(9-11-20)27(50)29(4,5)7-2/h8-18,48,52-53H,6-7H2,1-5H3,(H,49,51). The summed E-state index contributed by atoms with van der Waals surface area (Å²) in [7, 11) is 0. The highest BCUT2D eigenvalue weighted by Gasteiger charge is 2.73. The summed E-state index contributed by atoms with van der Waals surface area (Å²) in [6.45, 7) is 7.95. The monoisotopic (exact) mass is 790 g/mol. The zero-order valence-electron chi connectivity index (χ0n) is 28.9. The van der Waals surface area contributed by atoms with Gasteiger partial charge in [-0.1, -0.05) is 39.8 Å². The van der Waals surface area contributed by atoms with Gasteiger partial charge in [-0.15, -0.1) is 0 Å². The van der Waals surface area contributed by atoms with Crippen molar-refractivity contribution in [3.05, 3.63) is 82.9 Å². The Morgan fingerprint density at radius 2 is 1.04 bits per heavy atom. The number of ketones is 1. The number of ether oxygens (including phenoxy) is 1. The molecule has 3 aromatic carbocycles. The molecule has 19 heteroatoms. The van der Waals surface area contributed by atoms with E-state index >= 15 is 0 Å². The van der Waals surface area contributed by atoms with E-state index in [4.69, 9.17) is 4.74 Å². The average molecular weight is 791 g/mol. The van der Waals surface area contributed by atoms with Gasteiger partial charge in [0.2, 0.25) is 0 Å². The van der Waals surface area contributed by atoms with E-state index in [0.717, 1.165) is 12.1 Å². The number of rotatable bonds is 12. The van der Waals surface area contributed by atoms with Crippen molar-refractivity contribution in [2.24, 2.45) is 5.41 Å². The Labute approximate surface area is 300 Å². The van der Waals surface area contributed by atoms with Gasteiger partial charge in [-0.2, -0.15) is 52.7 Å². The number of carbonyl (C=O) groups excluding carboxylic acids is 2. The Kier molecular flexibility index (Phi) is 12.2. The van der Waals surface area contributed by atoms with Gasteiger partial charge in [0.25, 0.3) is 17.1 Å². The molecule has 0 aliphatic heterocycles. The van der Waals surface area contributed by atoms with Crippen molar-refractivity contribution >= 4 is 23.1 Å². The van der Waals surface area contributed by atoms with Crippen LogP contribution in [0.2, 0.25) is 0 Å². The van der Waals surface area contributed by atoms with E-state index in [-0.39, 0.29) is 35.5 Å². The second-order valence-electron chi connectivity index (χ2n) is 13.0. The van der Waals surface area contributed by atoms with Crippen molar-refractivity contribution in [2.45, 2.75) is 89.4 Å². The third-order valence-electron chi connectivity index (χ3n) is 8.81. The highest BCUT2D eigenvalue weighted by Crippen LogP contribution is 2.54. The summed E-state index contributed by atoms with van der Waals surface area (Å²) in [6, 6.07) is 6.06. The number of aliphatic hydroxyl groups is 2. The molecule has 298 valence electrons. The van der Waals surface area contributed by atoms with Crippen LogP contribution in [0.4, 0.5) is 64.1 Å². The smallest absolute Gasteiger partial charge is 0.430 e. The molecule has 0 spiro atoms. The third-order valence-corrected chi connectivity index (χ3v) is 8.81. The molecule has 4 N–H and O–H groups in total. The molecule has 1 amide bonds. The molecular formula is C35H34F12N2O5. The molecule has 7 nitrogen and oxygen atoms in total. The first-order chi connectivity index (χ1) is 24.5. The van der Waals surface area contributed by atoms with Crippen LogP contribution in [-0.2, 0) is 11.2 Å². The zero-order valence-corrected chi connectivity index (χ0v) is 28.9. The van der Waals surface area contributed by atoms with E-state index in [1.807, 2.05) is 5.32 Å². The van der Waals surface area contributed by atoms with Crippen LogP contribution in [0.25, 0.3) is 0 Å². The minimum Gasteiger partial charge on any atom is -0.457 e. The molecule has 0 aliphatic carbocycles. The molecule has 0 bridgehead atoms. The second kappa shape index (κ2) is 15.0. The molecule has 54 heavy (non-hydrogen) atoms. The van der Waals surface area contributed by atoms with Crippen molar-refractivity contribution in [3.63, 3.8) is 0 Å². The van der Waals surface area contributed by atoms with Gasteiger partial charge < -0.3 is 25.6 Å². The maximum Gasteiger partial charge on any atom is 0.430 e. The second-order valence-corrected chi connectivity index (χ2v) is 13.0. The van der Waals surface area contributed by atoms with Crippen molar-refractivity contribution in [1.29, 1.82) is 0 Å². The van der Waals surface area contributed by atoms with Gasteiger partial charge >= 0.3 is 24.7 Å². The molecule has 1 atom stereocenters. The van der Waals surface area contributed by atoms with Crippen LogP contribution in [0.1, 0.15) is 79.3 Å². The molecular weight excluding hydrogens is 756 g/mol. The summed E-state index contributed by atoms with van der Waals surface area (Å²) >= 11 is 0. The summed E-state index contributed by atoms with van der Waals surface area (Å²) in [5.41, 5.74) is -18.4. The molecule has 1 unspecified atom stereocenters.